The third-order valence-electron chi connectivity index (χ3n) is 5.45. The lowest BCUT2D eigenvalue weighted by molar-refractivity contribution is 0.317. The summed E-state index contributed by atoms with van der Waals surface area (Å²) < 4.78 is 0. The van der Waals surface area contributed by atoms with Crippen molar-refractivity contribution in [3.8, 4) is 0 Å². The maximum atomic E-state index is 5.95. The number of H-pyrrole nitrogens is 1. The third kappa shape index (κ3) is 3.99. The fraction of sp³-hybridized carbons (Fsp3) is 0.333. The van der Waals surface area contributed by atoms with Gasteiger partial charge in [-0.05, 0) is 56.2 Å². The second kappa shape index (κ2) is 8.11. The molecule has 2 heterocycles. The van der Waals surface area contributed by atoms with Crippen LogP contribution in [0.25, 0.3) is 5.70 Å². The molecule has 6 heteroatoms. The quantitative estimate of drug-likeness (QED) is 0.660. The van der Waals surface area contributed by atoms with Crippen LogP contribution >= 0.6 is 11.6 Å². The van der Waals surface area contributed by atoms with Crippen molar-refractivity contribution >= 4 is 36.2 Å². The number of hydrogen-bond acceptors (Lipinski definition) is 4. The van der Waals surface area contributed by atoms with Crippen molar-refractivity contribution in [1.82, 2.24) is 15.6 Å². The predicted molar refractivity (Wildman–Crippen MR) is 113 cm³/mol. The molecule has 1 aliphatic carbocycles. The van der Waals surface area contributed by atoms with Crippen molar-refractivity contribution in [2.45, 2.75) is 38.3 Å². The molecular weight excluding hydrogens is 358 g/mol. The lowest BCUT2D eigenvalue weighted by atomic mass is 9.83. The topological polar surface area (TPSA) is 64.6 Å². The predicted octanol–water partition coefficient (Wildman–Crippen LogP) is 4.65. The Kier molecular flexibility index (Phi) is 5.41. The zero-order chi connectivity index (χ0) is 18.6. The van der Waals surface area contributed by atoms with Gasteiger partial charge in [0.05, 0.1) is 17.7 Å². The smallest absolute Gasteiger partial charge is 0.141 e. The van der Waals surface area contributed by atoms with Crippen LogP contribution in [-0.4, -0.2) is 24.1 Å². The van der Waals surface area contributed by atoms with Gasteiger partial charge >= 0.3 is 0 Å². The highest BCUT2D eigenvalue weighted by Crippen LogP contribution is 2.37. The first-order valence-electron chi connectivity index (χ1n) is 9.40. The van der Waals surface area contributed by atoms with E-state index in [0.29, 0.717) is 12.0 Å². The number of aromatic amines is 1. The van der Waals surface area contributed by atoms with Gasteiger partial charge in [0.1, 0.15) is 5.82 Å². The summed E-state index contributed by atoms with van der Waals surface area (Å²) in [6, 6.07) is 10.6. The van der Waals surface area contributed by atoms with Crippen LogP contribution in [0.2, 0.25) is 5.02 Å². The molecule has 1 aliphatic heterocycles. The minimum Gasteiger partial charge on any atom is -0.346 e. The fourth-order valence-corrected chi connectivity index (χ4v) is 4.09. The van der Waals surface area contributed by atoms with Crippen LogP contribution in [-0.2, 0) is 6.54 Å². The molecule has 0 saturated heterocycles. The molecule has 0 amide bonds. The number of nitrogens with zero attached hydrogens (tertiary/aromatic N) is 2. The number of fused-ring (bicyclic) bond motifs is 1. The van der Waals surface area contributed by atoms with Crippen molar-refractivity contribution in [2.75, 3.05) is 0 Å². The molecule has 27 heavy (non-hydrogen) atoms. The number of aliphatic imine (C=N–C) groups is 2. The number of aromatic nitrogens is 1. The van der Waals surface area contributed by atoms with E-state index < -0.39 is 0 Å². The molecule has 0 radical (unpaired) electrons. The van der Waals surface area contributed by atoms with Gasteiger partial charge < -0.3 is 15.6 Å². The average molecular weight is 382 g/mol. The fourth-order valence-electron chi connectivity index (χ4n) is 3.97. The summed E-state index contributed by atoms with van der Waals surface area (Å²) in [5.41, 5.74) is 4.43. The summed E-state index contributed by atoms with van der Waals surface area (Å²) in [5.74, 6) is 1.30. The molecule has 1 aromatic carbocycles. The van der Waals surface area contributed by atoms with E-state index in [9.17, 15) is 0 Å². The second-order valence-electron chi connectivity index (χ2n) is 7.12. The van der Waals surface area contributed by atoms with Crippen LogP contribution in [0.3, 0.4) is 0 Å². The summed E-state index contributed by atoms with van der Waals surface area (Å²) in [6.45, 7) is 4.72. The highest BCUT2D eigenvalue weighted by molar-refractivity contribution is 6.30. The molecule has 1 saturated carbocycles. The second-order valence-corrected chi connectivity index (χ2v) is 7.55. The molecule has 0 spiro atoms. The first-order chi connectivity index (χ1) is 13.2. The molecule has 0 atom stereocenters. The molecule has 1 aromatic heterocycles. The molecule has 1 fully saturated rings. The van der Waals surface area contributed by atoms with E-state index in [1.54, 1.807) is 6.34 Å². The number of allylic oxidation sites excluding steroid dienone is 1. The van der Waals surface area contributed by atoms with Gasteiger partial charge in [0.25, 0.3) is 0 Å². The van der Waals surface area contributed by atoms with Gasteiger partial charge in [-0.25, -0.2) is 4.99 Å². The molecule has 2 aromatic rings. The normalized spacial score (nSPS) is 23.4. The number of hydrogen-bond donors (Lipinski definition) is 3. The molecule has 140 valence electrons. The molecule has 0 bridgehead atoms. The van der Waals surface area contributed by atoms with Crippen molar-refractivity contribution in [3.05, 3.63) is 58.4 Å². The standard InChI is InChI=1S/C21H24ClN5/c1-23-19(20-18-10-11-24-21(18)27-13-26-20)15-4-8-17(9-5-15)25-12-14-2-6-16(22)7-3-14/h2-3,6-7,10-11,13,15,17,24-25H,1,4-5,8-9,12H2,(H,26,27)/b20-19-. The maximum absolute atomic E-state index is 5.95. The highest BCUT2D eigenvalue weighted by Gasteiger charge is 2.27. The number of nitrogens with one attached hydrogen (secondary N) is 3. The Labute approximate surface area is 164 Å². The van der Waals surface area contributed by atoms with Gasteiger partial charge in [0, 0.05) is 35.3 Å². The van der Waals surface area contributed by atoms with Crippen molar-refractivity contribution in [3.63, 3.8) is 0 Å². The van der Waals surface area contributed by atoms with Crippen molar-refractivity contribution in [1.29, 1.82) is 0 Å². The maximum Gasteiger partial charge on any atom is 0.141 e. The minimum absolute atomic E-state index is 0.424. The third-order valence-corrected chi connectivity index (χ3v) is 5.70. The molecule has 2 aliphatic rings. The van der Waals surface area contributed by atoms with Crippen LogP contribution in [0.1, 0.15) is 36.8 Å². The van der Waals surface area contributed by atoms with Crippen LogP contribution in [0.15, 0.2) is 52.2 Å². The van der Waals surface area contributed by atoms with Crippen molar-refractivity contribution in [2.24, 2.45) is 15.9 Å². The van der Waals surface area contributed by atoms with E-state index >= 15 is 0 Å². The lowest BCUT2D eigenvalue weighted by Gasteiger charge is -2.31. The summed E-state index contributed by atoms with van der Waals surface area (Å²) >= 11 is 5.95. The lowest BCUT2D eigenvalue weighted by Crippen LogP contribution is -2.33. The van der Waals surface area contributed by atoms with E-state index in [1.165, 1.54) is 5.56 Å². The summed E-state index contributed by atoms with van der Waals surface area (Å²) in [5, 5.41) is 7.74. The molecule has 5 nitrogen and oxygen atoms in total. The first kappa shape index (κ1) is 18.0. The summed E-state index contributed by atoms with van der Waals surface area (Å²) in [6.07, 6.45) is 8.12. The number of rotatable bonds is 5. The Balaban J connectivity index is 1.38. The van der Waals surface area contributed by atoms with E-state index in [2.05, 4.69) is 44.5 Å². The van der Waals surface area contributed by atoms with E-state index in [-0.39, 0.29) is 0 Å². The van der Waals surface area contributed by atoms with E-state index in [0.717, 1.165) is 60.0 Å². The van der Waals surface area contributed by atoms with Crippen LogP contribution in [0.4, 0.5) is 5.82 Å². The van der Waals surface area contributed by atoms with Gasteiger partial charge in [-0.1, -0.05) is 23.7 Å². The van der Waals surface area contributed by atoms with Gasteiger partial charge in [0.15, 0.2) is 0 Å². The Morgan fingerprint density at radius 2 is 1.96 bits per heavy atom. The van der Waals surface area contributed by atoms with Gasteiger partial charge in [-0.3, -0.25) is 4.99 Å². The average Bonchev–Trinajstić information content (AvgIpc) is 3.19. The van der Waals surface area contributed by atoms with E-state index in [4.69, 9.17) is 11.6 Å². The van der Waals surface area contributed by atoms with Gasteiger partial charge in [-0.2, -0.15) is 0 Å². The SMILES string of the molecule is C=N/C(=C1\NC=Nc2[nH]ccc21)C1CCC(NCc2ccc(Cl)cc2)CC1. The molecular formula is C21H24ClN5. The molecule has 4 rings (SSSR count). The number of halogens is 1. The Hall–Kier alpha value is -2.37. The molecule has 0 unspecified atom stereocenters. The minimum atomic E-state index is 0.424. The Bertz CT molecular complexity index is 857. The summed E-state index contributed by atoms with van der Waals surface area (Å²) in [7, 11) is 0. The Morgan fingerprint density at radius 1 is 1.19 bits per heavy atom. The van der Waals surface area contributed by atoms with Gasteiger partial charge in [-0.15, -0.1) is 0 Å². The van der Waals surface area contributed by atoms with Crippen molar-refractivity contribution < 1.29 is 0 Å². The number of benzene rings is 1. The highest BCUT2D eigenvalue weighted by atomic mass is 35.5. The van der Waals surface area contributed by atoms with Crippen LogP contribution in [0, 0.1) is 5.92 Å². The molecule has 3 N–H and O–H groups in total. The first-order valence-corrected chi connectivity index (χ1v) is 9.78. The van der Waals surface area contributed by atoms with Crippen LogP contribution in [0.5, 0.6) is 0 Å². The zero-order valence-electron chi connectivity index (χ0n) is 15.2. The summed E-state index contributed by atoms with van der Waals surface area (Å²) in [4.78, 5) is 11.9. The zero-order valence-corrected chi connectivity index (χ0v) is 16.0. The monoisotopic (exact) mass is 381 g/mol. The van der Waals surface area contributed by atoms with E-state index in [1.807, 2.05) is 24.4 Å². The van der Waals surface area contributed by atoms with Crippen LogP contribution < -0.4 is 10.6 Å². The van der Waals surface area contributed by atoms with Gasteiger partial charge in [0.2, 0.25) is 0 Å². The Morgan fingerprint density at radius 3 is 2.70 bits per heavy atom. The largest absolute Gasteiger partial charge is 0.346 e.